The Hall–Kier alpha value is -1.79. The van der Waals surface area contributed by atoms with Gasteiger partial charge in [-0.05, 0) is 57.8 Å². The van der Waals surface area contributed by atoms with Crippen molar-refractivity contribution in [3.8, 4) is 5.75 Å². The molecule has 1 aliphatic heterocycles. The van der Waals surface area contributed by atoms with Gasteiger partial charge in [-0.3, -0.25) is 9.59 Å². The minimum Gasteiger partial charge on any atom is -0.493 e. The second-order valence-electron chi connectivity index (χ2n) is 6.86. The van der Waals surface area contributed by atoms with Crippen molar-refractivity contribution in [3.05, 3.63) is 29.8 Å². The van der Waals surface area contributed by atoms with Gasteiger partial charge >= 0.3 is 0 Å². The lowest BCUT2D eigenvalue weighted by Gasteiger charge is -2.34. The molecule has 1 aliphatic rings. The van der Waals surface area contributed by atoms with Gasteiger partial charge in [0.2, 0.25) is 5.91 Å². The molecule has 0 saturated carbocycles. The lowest BCUT2D eigenvalue weighted by Crippen LogP contribution is -2.46. The Bertz CT molecular complexity index is 606. The van der Waals surface area contributed by atoms with Crippen LogP contribution in [0.3, 0.4) is 0 Å². The highest BCUT2D eigenvalue weighted by Crippen LogP contribution is 2.18. The summed E-state index contributed by atoms with van der Waals surface area (Å²) in [5, 5.41) is 6.25. The Balaban J connectivity index is 0.00000392. The van der Waals surface area contributed by atoms with E-state index in [9.17, 15) is 9.59 Å². The van der Waals surface area contributed by atoms with Crippen LogP contribution in [0.4, 0.5) is 0 Å². The fourth-order valence-corrected chi connectivity index (χ4v) is 3.49. The van der Waals surface area contributed by atoms with E-state index in [-0.39, 0.29) is 24.2 Å². The minimum atomic E-state index is -0.157. The number of nitrogens with zero attached hydrogens (tertiary/aromatic N) is 1. The number of hydrogen-bond donors (Lipinski definition) is 2. The van der Waals surface area contributed by atoms with Crippen LogP contribution in [0.5, 0.6) is 5.75 Å². The molecule has 0 spiro atoms. The lowest BCUT2D eigenvalue weighted by molar-refractivity contribution is -0.134. The zero-order valence-electron chi connectivity index (χ0n) is 17.0. The fraction of sp³-hybridized carbons (Fsp3) is 0.619. The van der Waals surface area contributed by atoms with Gasteiger partial charge in [0, 0.05) is 25.6 Å². The van der Waals surface area contributed by atoms with Crippen molar-refractivity contribution in [2.75, 3.05) is 32.8 Å². The quantitative estimate of drug-likeness (QED) is 0.580. The van der Waals surface area contributed by atoms with Crippen LogP contribution >= 0.6 is 12.4 Å². The standard InChI is InChI=1S/C21H33N3O3.ClH/c1-3-16-24(17-11-14-22-15-12-17)20(25)10-7-13-23-21(26)18-8-5-6-9-19(18)27-4-2;/h5-6,8-9,17,22H,3-4,7,10-16H2,1-2H3,(H,23,26);1H. The first kappa shape index (κ1) is 24.2. The van der Waals surface area contributed by atoms with Crippen LogP contribution in [0.2, 0.25) is 0 Å². The molecule has 1 fully saturated rings. The van der Waals surface area contributed by atoms with Crippen molar-refractivity contribution < 1.29 is 14.3 Å². The molecule has 158 valence electrons. The summed E-state index contributed by atoms with van der Waals surface area (Å²) < 4.78 is 5.50. The van der Waals surface area contributed by atoms with E-state index in [2.05, 4.69) is 17.6 Å². The molecule has 6 nitrogen and oxygen atoms in total. The van der Waals surface area contributed by atoms with Crippen molar-refractivity contribution >= 4 is 24.2 Å². The topological polar surface area (TPSA) is 70.7 Å². The Morgan fingerprint density at radius 2 is 1.93 bits per heavy atom. The average molecular weight is 412 g/mol. The zero-order valence-corrected chi connectivity index (χ0v) is 17.9. The summed E-state index contributed by atoms with van der Waals surface area (Å²) in [4.78, 5) is 27.1. The molecule has 0 aromatic heterocycles. The van der Waals surface area contributed by atoms with E-state index >= 15 is 0 Å². The van der Waals surface area contributed by atoms with Crippen LogP contribution in [0.1, 0.15) is 56.3 Å². The predicted octanol–water partition coefficient (Wildman–Crippen LogP) is 3.01. The van der Waals surface area contributed by atoms with E-state index in [0.717, 1.165) is 38.9 Å². The number of carbonyl (C=O) groups is 2. The number of ether oxygens (including phenoxy) is 1. The molecule has 0 atom stereocenters. The molecule has 2 amide bonds. The van der Waals surface area contributed by atoms with Gasteiger partial charge in [-0.1, -0.05) is 19.1 Å². The van der Waals surface area contributed by atoms with Crippen molar-refractivity contribution in [2.24, 2.45) is 0 Å². The summed E-state index contributed by atoms with van der Waals surface area (Å²) in [6, 6.07) is 7.58. The fourth-order valence-electron chi connectivity index (χ4n) is 3.49. The van der Waals surface area contributed by atoms with Crippen LogP contribution in [0, 0.1) is 0 Å². The van der Waals surface area contributed by atoms with Crippen molar-refractivity contribution in [1.29, 1.82) is 0 Å². The van der Waals surface area contributed by atoms with E-state index in [1.165, 1.54) is 0 Å². The highest BCUT2D eigenvalue weighted by molar-refractivity contribution is 5.96. The lowest BCUT2D eigenvalue weighted by atomic mass is 10.0. The molecule has 2 N–H and O–H groups in total. The predicted molar refractivity (Wildman–Crippen MR) is 114 cm³/mol. The summed E-state index contributed by atoms with van der Waals surface area (Å²) in [6.07, 6.45) is 4.14. The van der Waals surface area contributed by atoms with Crippen LogP contribution in [-0.4, -0.2) is 55.5 Å². The summed E-state index contributed by atoms with van der Waals surface area (Å²) in [7, 11) is 0. The van der Waals surface area contributed by atoms with Crippen molar-refractivity contribution in [3.63, 3.8) is 0 Å². The molecule has 1 aromatic rings. The van der Waals surface area contributed by atoms with Gasteiger partial charge in [0.25, 0.3) is 5.91 Å². The van der Waals surface area contributed by atoms with Gasteiger partial charge in [-0.25, -0.2) is 0 Å². The molecular formula is C21H34ClN3O3. The molecule has 1 heterocycles. The molecule has 1 saturated heterocycles. The molecule has 0 unspecified atom stereocenters. The van der Waals surface area contributed by atoms with Crippen molar-refractivity contribution in [2.45, 2.75) is 52.0 Å². The highest BCUT2D eigenvalue weighted by atomic mass is 35.5. The van der Waals surface area contributed by atoms with Gasteiger partial charge in [-0.2, -0.15) is 0 Å². The second kappa shape index (κ2) is 13.4. The number of rotatable bonds is 10. The Morgan fingerprint density at radius 3 is 2.61 bits per heavy atom. The van der Waals surface area contributed by atoms with Gasteiger partial charge < -0.3 is 20.3 Å². The largest absolute Gasteiger partial charge is 0.493 e. The number of carbonyl (C=O) groups excluding carboxylic acids is 2. The third-order valence-corrected chi connectivity index (χ3v) is 4.82. The number of piperidine rings is 1. The Labute approximate surface area is 174 Å². The van der Waals surface area contributed by atoms with E-state index in [4.69, 9.17) is 4.74 Å². The van der Waals surface area contributed by atoms with Gasteiger partial charge in [0.15, 0.2) is 0 Å². The molecule has 0 aliphatic carbocycles. The molecular weight excluding hydrogens is 378 g/mol. The third kappa shape index (κ3) is 7.32. The molecule has 0 bridgehead atoms. The first-order valence-electron chi connectivity index (χ1n) is 10.2. The molecule has 7 heteroatoms. The van der Waals surface area contributed by atoms with E-state index in [1.807, 2.05) is 24.0 Å². The summed E-state index contributed by atoms with van der Waals surface area (Å²) in [5.74, 6) is 0.636. The second-order valence-corrected chi connectivity index (χ2v) is 6.86. The number of halogens is 1. The maximum Gasteiger partial charge on any atom is 0.255 e. The van der Waals surface area contributed by atoms with Crippen LogP contribution in [0.25, 0.3) is 0 Å². The Morgan fingerprint density at radius 1 is 1.21 bits per heavy atom. The molecule has 28 heavy (non-hydrogen) atoms. The number of nitrogens with one attached hydrogen (secondary N) is 2. The first-order valence-corrected chi connectivity index (χ1v) is 10.2. The summed E-state index contributed by atoms with van der Waals surface area (Å²) in [6.45, 7) is 7.78. The van der Waals surface area contributed by atoms with Crippen LogP contribution in [-0.2, 0) is 4.79 Å². The monoisotopic (exact) mass is 411 g/mol. The normalized spacial score (nSPS) is 14.1. The minimum absolute atomic E-state index is 0. The number of hydrogen-bond acceptors (Lipinski definition) is 4. The van der Waals surface area contributed by atoms with Crippen LogP contribution in [0.15, 0.2) is 24.3 Å². The maximum atomic E-state index is 12.7. The number of amides is 2. The van der Waals surface area contributed by atoms with Gasteiger partial charge in [0.1, 0.15) is 5.75 Å². The Kier molecular flexibility index (Phi) is 11.6. The van der Waals surface area contributed by atoms with E-state index in [0.29, 0.717) is 43.3 Å². The average Bonchev–Trinajstić information content (AvgIpc) is 2.70. The summed E-state index contributed by atoms with van der Waals surface area (Å²) in [5.41, 5.74) is 0.535. The molecule has 1 aromatic carbocycles. The van der Waals surface area contributed by atoms with Crippen LogP contribution < -0.4 is 15.4 Å². The zero-order chi connectivity index (χ0) is 19.5. The maximum absolute atomic E-state index is 12.7. The SMILES string of the molecule is CCCN(C(=O)CCCNC(=O)c1ccccc1OCC)C1CCNCC1.Cl. The third-order valence-electron chi connectivity index (χ3n) is 4.82. The molecule has 2 rings (SSSR count). The van der Waals surface area contributed by atoms with E-state index in [1.54, 1.807) is 12.1 Å². The highest BCUT2D eigenvalue weighted by Gasteiger charge is 2.24. The molecule has 0 radical (unpaired) electrons. The first-order chi connectivity index (χ1) is 13.2. The number of benzene rings is 1. The van der Waals surface area contributed by atoms with Gasteiger partial charge in [-0.15, -0.1) is 12.4 Å². The van der Waals surface area contributed by atoms with Crippen molar-refractivity contribution in [1.82, 2.24) is 15.5 Å². The summed E-state index contributed by atoms with van der Waals surface area (Å²) >= 11 is 0. The number of para-hydroxylation sites is 1. The smallest absolute Gasteiger partial charge is 0.255 e. The van der Waals surface area contributed by atoms with Gasteiger partial charge in [0.05, 0.1) is 12.2 Å². The van der Waals surface area contributed by atoms with E-state index < -0.39 is 0 Å².